The summed E-state index contributed by atoms with van der Waals surface area (Å²) in [5, 5.41) is 5.88. The maximum atomic E-state index is 12.5. The molecule has 6 nitrogen and oxygen atoms in total. The molecule has 1 fully saturated rings. The van der Waals surface area contributed by atoms with Crippen LogP contribution in [0.3, 0.4) is 0 Å². The molecule has 0 aromatic heterocycles. The van der Waals surface area contributed by atoms with Crippen LogP contribution in [0.15, 0.2) is 48.5 Å². The first-order chi connectivity index (χ1) is 12.7. The van der Waals surface area contributed by atoms with E-state index in [1.165, 1.54) is 0 Å². The van der Waals surface area contributed by atoms with E-state index in [2.05, 4.69) is 10.6 Å². The van der Waals surface area contributed by atoms with Crippen LogP contribution in [-0.4, -0.2) is 43.5 Å². The third kappa shape index (κ3) is 4.33. The lowest BCUT2D eigenvalue weighted by molar-refractivity contribution is -0.114. The molecule has 1 heterocycles. The minimum absolute atomic E-state index is 0.0459. The van der Waals surface area contributed by atoms with Gasteiger partial charge in [0.15, 0.2) is 0 Å². The van der Waals surface area contributed by atoms with Gasteiger partial charge in [-0.2, -0.15) is 0 Å². The van der Waals surface area contributed by atoms with Crippen molar-refractivity contribution >= 4 is 23.2 Å². The van der Waals surface area contributed by atoms with E-state index < -0.39 is 0 Å². The molecule has 6 heteroatoms. The SMILES string of the molecule is COc1ccccc1NC(=O)CNc1cccc(C(=O)N2CCCC2)c1. The monoisotopic (exact) mass is 353 g/mol. The summed E-state index contributed by atoms with van der Waals surface area (Å²) >= 11 is 0. The van der Waals surface area contributed by atoms with Crippen LogP contribution in [0.25, 0.3) is 0 Å². The number of hydrogen-bond acceptors (Lipinski definition) is 4. The van der Waals surface area contributed by atoms with Crippen molar-refractivity contribution in [2.45, 2.75) is 12.8 Å². The molecule has 0 aliphatic carbocycles. The number of nitrogens with zero attached hydrogens (tertiary/aromatic N) is 1. The molecular weight excluding hydrogens is 330 g/mol. The number of anilines is 2. The van der Waals surface area contributed by atoms with Gasteiger partial charge in [0, 0.05) is 24.3 Å². The predicted octanol–water partition coefficient (Wildman–Crippen LogP) is 2.98. The Kier molecular flexibility index (Phi) is 5.73. The minimum atomic E-state index is -0.189. The molecule has 0 saturated carbocycles. The summed E-state index contributed by atoms with van der Waals surface area (Å²) in [6.07, 6.45) is 2.12. The molecular formula is C20H23N3O3. The Balaban J connectivity index is 1.58. The quantitative estimate of drug-likeness (QED) is 0.838. The highest BCUT2D eigenvalue weighted by atomic mass is 16.5. The molecule has 3 rings (SSSR count). The average Bonchev–Trinajstić information content (AvgIpc) is 3.21. The molecule has 2 aromatic carbocycles. The van der Waals surface area contributed by atoms with Crippen LogP contribution in [0, 0.1) is 0 Å². The van der Waals surface area contributed by atoms with Crippen molar-refractivity contribution < 1.29 is 14.3 Å². The number of benzene rings is 2. The van der Waals surface area contributed by atoms with Crippen LogP contribution in [-0.2, 0) is 4.79 Å². The standard InChI is InChI=1S/C20H23N3O3/c1-26-18-10-3-2-9-17(18)22-19(24)14-21-16-8-6-7-15(13-16)20(25)23-11-4-5-12-23/h2-3,6-10,13,21H,4-5,11-12,14H2,1H3,(H,22,24). The Bertz CT molecular complexity index is 785. The van der Waals surface area contributed by atoms with Crippen LogP contribution in [0.4, 0.5) is 11.4 Å². The highest BCUT2D eigenvalue weighted by Crippen LogP contribution is 2.23. The van der Waals surface area contributed by atoms with Gasteiger partial charge in [0.2, 0.25) is 5.91 Å². The summed E-state index contributed by atoms with van der Waals surface area (Å²) in [7, 11) is 1.56. The number of para-hydroxylation sites is 2. The second-order valence-electron chi connectivity index (χ2n) is 6.18. The maximum absolute atomic E-state index is 12.5. The zero-order valence-electron chi connectivity index (χ0n) is 14.8. The lowest BCUT2D eigenvalue weighted by Crippen LogP contribution is -2.27. The smallest absolute Gasteiger partial charge is 0.253 e. The molecule has 1 aliphatic heterocycles. The molecule has 2 aromatic rings. The number of ether oxygens (including phenoxy) is 1. The van der Waals surface area contributed by atoms with E-state index in [-0.39, 0.29) is 18.4 Å². The van der Waals surface area contributed by atoms with Gasteiger partial charge in [-0.15, -0.1) is 0 Å². The zero-order chi connectivity index (χ0) is 18.4. The Hall–Kier alpha value is -3.02. The van der Waals surface area contributed by atoms with Gasteiger partial charge in [-0.3, -0.25) is 9.59 Å². The van der Waals surface area contributed by atoms with Gasteiger partial charge in [-0.1, -0.05) is 18.2 Å². The van der Waals surface area contributed by atoms with E-state index in [1.807, 2.05) is 29.2 Å². The van der Waals surface area contributed by atoms with Crippen molar-refractivity contribution in [3.05, 3.63) is 54.1 Å². The largest absolute Gasteiger partial charge is 0.495 e. The molecule has 2 N–H and O–H groups in total. The van der Waals surface area contributed by atoms with Crippen molar-refractivity contribution in [2.75, 3.05) is 37.4 Å². The zero-order valence-corrected chi connectivity index (χ0v) is 14.8. The highest BCUT2D eigenvalue weighted by molar-refractivity contribution is 5.96. The first-order valence-electron chi connectivity index (χ1n) is 8.73. The van der Waals surface area contributed by atoms with Crippen LogP contribution >= 0.6 is 0 Å². The fourth-order valence-corrected chi connectivity index (χ4v) is 2.99. The fraction of sp³-hybridized carbons (Fsp3) is 0.300. The molecule has 136 valence electrons. The third-order valence-corrected chi connectivity index (χ3v) is 4.34. The molecule has 0 spiro atoms. The van der Waals surface area contributed by atoms with Crippen LogP contribution in [0.1, 0.15) is 23.2 Å². The molecule has 1 aliphatic rings. The molecule has 0 atom stereocenters. The van der Waals surface area contributed by atoms with E-state index >= 15 is 0 Å². The van der Waals surface area contributed by atoms with E-state index in [9.17, 15) is 9.59 Å². The topological polar surface area (TPSA) is 70.7 Å². The van der Waals surface area contributed by atoms with E-state index in [4.69, 9.17) is 4.74 Å². The van der Waals surface area contributed by atoms with Gasteiger partial charge >= 0.3 is 0 Å². The average molecular weight is 353 g/mol. The van der Waals surface area contributed by atoms with E-state index in [1.54, 1.807) is 31.4 Å². The Morgan fingerprint density at radius 1 is 1.08 bits per heavy atom. The van der Waals surface area contributed by atoms with Crippen molar-refractivity contribution in [1.82, 2.24) is 4.90 Å². The minimum Gasteiger partial charge on any atom is -0.495 e. The molecule has 26 heavy (non-hydrogen) atoms. The van der Waals surface area contributed by atoms with Crippen LogP contribution < -0.4 is 15.4 Å². The summed E-state index contributed by atoms with van der Waals surface area (Å²) in [4.78, 5) is 26.5. The van der Waals surface area contributed by atoms with Crippen molar-refractivity contribution in [3.63, 3.8) is 0 Å². The normalized spacial score (nSPS) is 13.3. The maximum Gasteiger partial charge on any atom is 0.253 e. The molecule has 0 unspecified atom stereocenters. The van der Waals surface area contributed by atoms with E-state index in [0.717, 1.165) is 31.6 Å². The summed E-state index contributed by atoms with van der Waals surface area (Å²) < 4.78 is 5.22. The Morgan fingerprint density at radius 2 is 1.85 bits per heavy atom. The number of rotatable bonds is 6. The number of carbonyl (C=O) groups is 2. The predicted molar refractivity (Wildman–Crippen MR) is 102 cm³/mol. The van der Waals surface area contributed by atoms with Gasteiger partial charge in [0.05, 0.1) is 19.3 Å². The second-order valence-corrected chi connectivity index (χ2v) is 6.18. The number of likely N-dealkylation sites (tertiary alicyclic amines) is 1. The van der Waals surface area contributed by atoms with Crippen LogP contribution in [0.5, 0.6) is 5.75 Å². The molecule has 1 saturated heterocycles. The number of nitrogens with one attached hydrogen (secondary N) is 2. The van der Waals surface area contributed by atoms with Gasteiger partial charge in [-0.25, -0.2) is 0 Å². The number of hydrogen-bond donors (Lipinski definition) is 2. The summed E-state index contributed by atoms with van der Waals surface area (Å²) in [6.45, 7) is 1.73. The van der Waals surface area contributed by atoms with Crippen molar-refractivity contribution in [3.8, 4) is 5.75 Å². The van der Waals surface area contributed by atoms with Gasteiger partial charge in [-0.05, 0) is 43.2 Å². The summed E-state index contributed by atoms with van der Waals surface area (Å²) in [5.41, 5.74) is 2.01. The Labute approximate surface area is 153 Å². The fourth-order valence-electron chi connectivity index (χ4n) is 2.99. The molecule has 2 amide bonds. The number of amides is 2. The first-order valence-corrected chi connectivity index (χ1v) is 8.73. The van der Waals surface area contributed by atoms with Crippen molar-refractivity contribution in [1.29, 1.82) is 0 Å². The molecule has 0 bridgehead atoms. The van der Waals surface area contributed by atoms with Crippen LogP contribution in [0.2, 0.25) is 0 Å². The summed E-state index contributed by atoms with van der Waals surface area (Å²) in [6, 6.07) is 14.5. The number of methoxy groups -OCH3 is 1. The van der Waals surface area contributed by atoms with Gasteiger partial charge in [0.1, 0.15) is 5.75 Å². The van der Waals surface area contributed by atoms with Crippen molar-refractivity contribution in [2.24, 2.45) is 0 Å². The summed E-state index contributed by atoms with van der Waals surface area (Å²) in [5.74, 6) is 0.467. The lowest BCUT2D eigenvalue weighted by Gasteiger charge is -2.16. The highest BCUT2D eigenvalue weighted by Gasteiger charge is 2.19. The van der Waals surface area contributed by atoms with E-state index in [0.29, 0.717) is 17.0 Å². The number of carbonyl (C=O) groups excluding carboxylic acids is 2. The Morgan fingerprint density at radius 3 is 2.62 bits per heavy atom. The third-order valence-electron chi connectivity index (χ3n) is 4.34. The lowest BCUT2D eigenvalue weighted by atomic mass is 10.1. The van der Waals surface area contributed by atoms with Gasteiger partial charge in [0.25, 0.3) is 5.91 Å². The molecule has 0 radical (unpaired) electrons. The second kappa shape index (κ2) is 8.38. The van der Waals surface area contributed by atoms with Gasteiger partial charge < -0.3 is 20.3 Å². The first kappa shape index (κ1) is 17.8.